The van der Waals surface area contributed by atoms with E-state index in [0.29, 0.717) is 28.3 Å². The second kappa shape index (κ2) is 10.4. The van der Waals surface area contributed by atoms with Crippen molar-refractivity contribution in [1.82, 2.24) is 19.8 Å². The summed E-state index contributed by atoms with van der Waals surface area (Å²) in [5.41, 5.74) is 1.56. The number of carbonyl (C=O) groups excluding carboxylic acids is 1. The highest BCUT2D eigenvalue weighted by Crippen LogP contribution is 2.23. The van der Waals surface area contributed by atoms with E-state index in [4.69, 9.17) is 16.6 Å². The van der Waals surface area contributed by atoms with Gasteiger partial charge in [0.25, 0.3) is 5.56 Å². The molecule has 3 aromatic rings. The van der Waals surface area contributed by atoms with Gasteiger partial charge in [-0.25, -0.2) is 9.78 Å². The number of carbonyl (C=O) groups is 1. The van der Waals surface area contributed by atoms with Crippen molar-refractivity contribution in [2.45, 2.75) is 57.5 Å². The molecule has 1 aliphatic rings. The molecule has 0 radical (unpaired) electrons. The monoisotopic (exact) mass is 466 g/mol. The third kappa shape index (κ3) is 5.38. The molecule has 1 saturated carbocycles. The van der Waals surface area contributed by atoms with Crippen molar-refractivity contribution < 1.29 is 4.79 Å². The Labute approximate surface area is 199 Å². The van der Waals surface area contributed by atoms with Gasteiger partial charge in [0.15, 0.2) is 0 Å². The summed E-state index contributed by atoms with van der Waals surface area (Å²) < 4.78 is 1.55. The molecule has 1 unspecified atom stereocenters. The lowest BCUT2D eigenvalue weighted by Gasteiger charge is -2.33. The van der Waals surface area contributed by atoms with Crippen LogP contribution in [-0.2, 0) is 13.5 Å². The van der Waals surface area contributed by atoms with Crippen LogP contribution in [0.3, 0.4) is 0 Å². The van der Waals surface area contributed by atoms with E-state index < -0.39 is 6.04 Å². The first-order chi connectivity index (χ1) is 15.9. The first kappa shape index (κ1) is 23.3. The second-order valence-electron chi connectivity index (χ2n) is 8.89. The number of rotatable bonds is 6. The van der Waals surface area contributed by atoms with Crippen LogP contribution in [0.2, 0.25) is 5.02 Å². The highest BCUT2D eigenvalue weighted by atomic mass is 35.5. The van der Waals surface area contributed by atoms with Crippen LogP contribution in [0.5, 0.6) is 0 Å². The Morgan fingerprint density at radius 2 is 1.91 bits per heavy atom. The predicted molar refractivity (Wildman–Crippen MR) is 133 cm³/mol. The smallest absolute Gasteiger partial charge is 0.318 e. The molecule has 1 aromatic heterocycles. The van der Waals surface area contributed by atoms with Gasteiger partial charge in [-0.05, 0) is 49.9 Å². The van der Waals surface area contributed by atoms with Gasteiger partial charge < -0.3 is 10.2 Å². The maximum Gasteiger partial charge on any atom is 0.318 e. The highest BCUT2D eigenvalue weighted by Gasteiger charge is 2.27. The number of aromatic nitrogens is 2. The largest absolute Gasteiger partial charge is 0.335 e. The second-order valence-corrected chi connectivity index (χ2v) is 9.32. The molecule has 1 aliphatic carbocycles. The minimum Gasteiger partial charge on any atom is -0.335 e. The van der Waals surface area contributed by atoms with Crippen molar-refractivity contribution in [1.29, 1.82) is 0 Å². The fourth-order valence-electron chi connectivity index (χ4n) is 4.64. The molecular formula is C26H31ClN4O2. The SMILES string of the molecule is CC(c1nc2cc(Cl)ccc2c(=O)n1C)N(CCc1ccccc1)C(=O)NC1CCCCC1. The van der Waals surface area contributed by atoms with Gasteiger partial charge >= 0.3 is 6.03 Å². The van der Waals surface area contributed by atoms with Gasteiger partial charge in [-0.15, -0.1) is 0 Å². The van der Waals surface area contributed by atoms with Crippen LogP contribution in [0.4, 0.5) is 4.79 Å². The maximum absolute atomic E-state index is 13.4. The van der Waals surface area contributed by atoms with E-state index in [1.54, 1.807) is 34.7 Å². The molecule has 6 nitrogen and oxygen atoms in total. The molecular weight excluding hydrogens is 436 g/mol. The molecule has 33 heavy (non-hydrogen) atoms. The first-order valence-corrected chi connectivity index (χ1v) is 12.1. The Bertz CT molecular complexity index is 1170. The average Bonchev–Trinajstić information content (AvgIpc) is 2.82. The summed E-state index contributed by atoms with van der Waals surface area (Å²) in [5.74, 6) is 0.543. The summed E-state index contributed by atoms with van der Waals surface area (Å²) in [6.07, 6.45) is 6.26. The van der Waals surface area contributed by atoms with Crippen molar-refractivity contribution in [2.75, 3.05) is 6.54 Å². The van der Waals surface area contributed by atoms with E-state index in [9.17, 15) is 9.59 Å². The van der Waals surface area contributed by atoms with E-state index in [1.165, 1.54) is 6.42 Å². The van der Waals surface area contributed by atoms with Gasteiger partial charge in [0.1, 0.15) is 5.82 Å². The summed E-state index contributed by atoms with van der Waals surface area (Å²) in [6, 6.07) is 14.9. The summed E-state index contributed by atoms with van der Waals surface area (Å²) >= 11 is 6.16. The molecule has 4 rings (SSSR count). The summed E-state index contributed by atoms with van der Waals surface area (Å²) in [7, 11) is 1.71. The Hall–Kier alpha value is -2.86. The zero-order valence-electron chi connectivity index (χ0n) is 19.3. The number of nitrogens with one attached hydrogen (secondary N) is 1. The first-order valence-electron chi connectivity index (χ1n) is 11.7. The van der Waals surface area contributed by atoms with Crippen LogP contribution in [0.1, 0.15) is 56.5 Å². The minimum absolute atomic E-state index is 0.106. The van der Waals surface area contributed by atoms with Crippen molar-refractivity contribution in [3.63, 3.8) is 0 Å². The Balaban J connectivity index is 1.65. The van der Waals surface area contributed by atoms with E-state index in [2.05, 4.69) is 17.4 Å². The third-order valence-corrected chi connectivity index (χ3v) is 6.83. The van der Waals surface area contributed by atoms with Crippen LogP contribution in [0.25, 0.3) is 10.9 Å². The fourth-order valence-corrected chi connectivity index (χ4v) is 4.81. The number of fused-ring (bicyclic) bond motifs is 1. The Morgan fingerprint density at radius 1 is 1.18 bits per heavy atom. The lowest BCUT2D eigenvalue weighted by Crippen LogP contribution is -2.48. The molecule has 0 aliphatic heterocycles. The van der Waals surface area contributed by atoms with Gasteiger partial charge in [0.05, 0.1) is 16.9 Å². The number of halogens is 1. The molecule has 0 saturated heterocycles. The molecule has 1 heterocycles. The van der Waals surface area contributed by atoms with Crippen molar-refractivity contribution in [3.05, 3.63) is 75.3 Å². The van der Waals surface area contributed by atoms with E-state index >= 15 is 0 Å². The van der Waals surface area contributed by atoms with Gasteiger partial charge in [-0.3, -0.25) is 9.36 Å². The standard InChI is InChI=1S/C26H31ClN4O2/c1-18(24-29-23-17-20(27)13-14-22(23)25(32)30(24)2)31(16-15-19-9-5-3-6-10-19)26(33)28-21-11-7-4-8-12-21/h3,5-6,9-10,13-14,17-18,21H,4,7-8,11-12,15-16H2,1-2H3,(H,28,33). The normalized spacial score (nSPS) is 15.4. The van der Waals surface area contributed by atoms with Gasteiger partial charge in [0, 0.05) is 24.7 Å². The number of benzene rings is 2. The Kier molecular flexibility index (Phi) is 7.33. The maximum atomic E-state index is 13.4. The number of nitrogens with zero attached hydrogens (tertiary/aromatic N) is 3. The van der Waals surface area contributed by atoms with Crippen molar-refractivity contribution >= 4 is 28.5 Å². The quantitative estimate of drug-likeness (QED) is 0.540. The number of amides is 2. The number of hydrogen-bond acceptors (Lipinski definition) is 3. The lowest BCUT2D eigenvalue weighted by molar-refractivity contribution is 0.169. The summed E-state index contributed by atoms with van der Waals surface area (Å²) in [4.78, 5) is 33.0. The molecule has 0 spiro atoms. The van der Waals surface area contributed by atoms with Crippen LogP contribution in [0, 0.1) is 0 Å². The summed E-state index contributed by atoms with van der Waals surface area (Å²) in [6.45, 7) is 2.46. The predicted octanol–water partition coefficient (Wildman–Crippen LogP) is 5.23. The zero-order chi connectivity index (χ0) is 23.4. The molecule has 1 N–H and O–H groups in total. The highest BCUT2D eigenvalue weighted by molar-refractivity contribution is 6.31. The molecule has 2 aromatic carbocycles. The number of hydrogen-bond donors (Lipinski definition) is 1. The lowest BCUT2D eigenvalue weighted by atomic mass is 9.96. The van der Waals surface area contributed by atoms with E-state index in [0.717, 1.165) is 37.7 Å². The van der Waals surface area contributed by atoms with E-state index in [1.807, 2.05) is 25.1 Å². The van der Waals surface area contributed by atoms with Gasteiger partial charge in [-0.2, -0.15) is 0 Å². The van der Waals surface area contributed by atoms with Crippen LogP contribution >= 0.6 is 11.6 Å². The minimum atomic E-state index is -0.390. The molecule has 1 fully saturated rings. The Morgan fingerprint density at radius 3 is 2.64 bits per heavy atom. The van der Waals surface area contributed by atoms with Gasteiger partial charge in [-0.1, -0.05) is 61.2 Å². The molecule has 2 amide bonds. The van der Waals surface area contributed by atoms with Crippen molar-refractivity contribution in [2.24, 2.45) is 7.05 Å². The van der Waals surface area contributed by atoms with Gasteiger partial charge in [0.2, 0.25) is 0 Å². The van der Waals surface area contributed by atoms with Crippen LogP contribution < -0.4 is 10.9 Å². The van der Waals surface area contributed by atoms with Crippen LogP contribution in [-0.4, -0.2) is 33.1 Å². The van der Waals surface area contributed by atoms with Crippen LogP contribution in [0.15, 0.2) is 53.3 Å². The fraction of sp³-hybridized carbons (Fsp3) is 0.423. The molecule has 174 valence electrons. The molecule has 7 heteroatoms. The molecule has 1 atom stereocenters. The van der Waals surface area contributed by atoms with Crippen molar-refractivity contribution in [3.8, 4) is 0 Å². The zero-order valence-corrected chi connectivity index (χ0v) is 20.0. The molecule has 0 bridgehead atoms. The number of urea groups is 1. The topological polar surface area (TPSA) is 67.2 Å². The average molecular weight is 467 g/mol. The third-order valence-electron chi connectivity index (χ3n) is 6.59. The summed E-state index contributed by atoms with van der Waals surface area (Å²) in [5, 5.41) is 4.28. The van der Waals surface area contributed by atoms with E-state index in [-0.39, 0.29) is 17.6 Å².